The van der Waals surface area contributed by atoms with Crippen molar-refractivity contribution >= 4 is 78.4 Å². The van der Waals surface area contributed by atoms with E-state index in [-0.39, 0.29) is 71.8 Å². The van der Waals surface area contributed by atoms with Crippen LogP contribution < -0.4 is 28.7 Å². The molecule has 10 aliphatic rings. The quantitative estimate of drug-likeness (QED) is 0.124. The number of aryl methyl sites for hydroxylation is 2. The highest BCUT2D eigenvalue weighted by molar-refractivity contribution is 7.91. The number of benzene rings is 4. The highest BCUT2D eigenvalue weighted by atomic mass is 35.5. The molecule has 22 heteroatoms. The zero-order chi connectivity index (χ0) is 65.5. The van der Waals surface area contributed by atoms with E-state index in [0.29, 0.717) is 87.7 Å². The van der Waals surface area contributed by atoms with Crippen molar-refractivity contribution in [2.45, 2.75) is 149 Å². The fourth-order valence-electron chi connectivity index (χ4n) is 16.4. The molecule has 4 aliphatic heterocycles. The van der Waals surface area contributed by atoms with Crippen LogP contribution in [0.3, 0.4) is 0 Å². The van der Waals surface area contributed by atoms with E-state index in [1.54, 1.807) is 36.4 Å². The van der Waals surface area contributed by atoms with Crippen LogP contribution in [-0.2, 0) is 72.3 Å². The molecule has 4 fully saturated rings. The maximum atomic E-state index is 13.6. The fraction of sp³-hybridized carbons (Fsp3) is 0.556. The van der Waals surface area contributed by atoms with Crippen LogP contribution in [0.15, 0.2) is 97.1 Å². The van der Waals surface area contributed by atoms with E-state index in [9.17, 15) is 36.0 Å². The van der Waals surface area contributed by atoms with Gasteiger partial charge in [-0.3, -0.25) is 9.59 Å². The molecule has 0 saturated heterocycles. The van der Waals surface area contributed by atoms with E-state index in [1.165, 1.54) is 36.5 Å². The number of amides is 2. The summed E-state index contributed by atoms with van der Waals surface area (Å²) in [4.78, 5) is 56.0. The predicted octanol–water partition coefficient (Wildman–Crippen LogP) is 11.2. The predicted molar refractivity (Wildman–Crippen MR) is 359 cm³/mol. The highest BCUT2D eigenvalue weighted by Crippen LogP contribution is 2.50. The van der Waals surface area contributed by atoms with Gasteiger partial charge in [-0.05, 0) is 234 Å². The Bertz CT molecular complexity index is 3600. The van der Waals surface area contributed by atoms with Gasteiger partial charge in [0.25, 0.3) is 11.8 Å². The van der Waals surface area contributed by atoms with E-state index in [2.05, 4.69) is 43.5 Å². The van der Waals surface area contributed by atoms with Crippen LogP contribution in [0.2, 0.25) is 10.0 Å². The number of hydrogen-bond acceptors (Lipinski definition) is 16. The second-order valence-electron chi connectivity index (χ2n) is 28.0. The van der Waals surface area contributed by atoms with Gasteiger partial charge in [-0.2, -0.15) is 0 Å². The Hall–Kier alpha value is -6.16. The van der Waals surface area contributed by atoms with Crippen molar-refractivity contribution in [3.05, 3.63) is 141 Å². The first kappa shape index (κ1) is 66.5. The number of esters is 2. The molecule has 4 bridgehead atoms. The molecule has 2 N–H and O–H groups in total. The van der Waals surface area contributed by atoms with Gasteiger partial charge in [0.15, 0.2) is 0 Å². The molecule has 0 unspecified atom stereocenters. The van der Waals surface area contributed by atoms with E-state index >= 15 is 0 Å². The lowest BCUT2D eigenvalue weighted by Gasteiger charge is -2.46. The summed E-state index contributed by atoms with van der Waals surface area (Å²) in [6.45, 7) is 3.42. The molecule has 2 spiro atoms. The average molecular weight is 1370 g/mol. The van der Waals surface area contributed by atoms with E-state index in [1.807, 2.05) is 36.4 Å². The van der Waals surface area contributed by atoms with Gasteiger partial charge in [0.1, 0.15) is 24.7 Å². The molecule has 2 amide bonds. The third kappa shape index (κ3) is 14.3. The number of halogens is 2. The third-order valence-corrected chi connectivity index (χ3v) is 26.2. The SMILES string of the molecule is COC(=O)CO[C@H]1/C=C/CC[C@@H](C2CC2)S(=O)(=O)NC(=O)c2ccc3c(c2)N(C[C@@H]2CC[C@H]21)C[C@@]1(CCCc2cc(Cl)ccc21)CO3.COC(=O)CO[C@H]1/C=C/CC[C@H](C2CC2)S(=O)(=O)NC(=O)c2ccc3c(c2)N(C[C@@H]2CC[C@H]21)C[C@@]1(CCCc2cc(Cl)ccc21)CO3. The first-order chi connectivity index (χ1) is 45.3. The van der Waals surface area contributed by atoms with Crippen LogP contribution in [0.25, 0.3) is 0 Å². The number of methoxy groups -OCH3 is 2. The Balaban J connectivity index is 0.000000171. The largest absolute Gasteiger partial charge is 0.490 e. The Kier molecular flexibility index (Phi) is 19.6. The summed E-state index contributed by atoms with van der Waals surface area (Å²) in [6, 6.07) is 22.8. The van der Waals surface area contributed by atoms with Gasteiger partial charge >= 0.3 is 11.9 Å². The standard InChI is InChI=1S/2C36H43ClN2O7S/c2*1-44-34(40)20-45-31-6-2-3-7-33(23-8-9-23)47(42,43)38-35(41)25-11-15-32-30(18-25)39(19-26-10-13-28(26)31)21-36(22-46-32)16-4-5-24-17-27(37)12-14-29(24)36/h2*2,6,11-12,14-15,17-18,23,26,28,31,33H,3-5,7-10,13,16,19-22H2,1H3,(H,38,41)/b2*6-2+/t26-,28+,31-,33+,36-;26-,28+,31-,33-,36-/m00/s1. The van der Waals surface area contributed by atoms with Crippen molar-refractivity contribution < 1.29 is 64.4 Å². The Morgan fingerprint density at radius 1 is 0.553 bits per heavy atom. The lowest BCUT2D eigenvalue weighted by Crippen LogP contribution is -2.50. The number of nitrogens with one attached hydrogen (secondary N) is 2. The molecule has 4 aromatic carbocycles. The van der Waals surface area contributed by atoms with E-state index in [0.717, 1.165) is 111 Å². The number of anilines is 2. The fourth-order valence-corrected chi connectivity index (χ4v) is 20.3. The number of allylic oxidation sites excluding steroid dienone is 2. The summed E-state index contributed by atoms with van der Waals surface area (Å²) in [5.41, 5.74) is 6.54. The van der Waals surface area contributed by atoms with Gasteiger partial charge < -0.3 is 38.2 Å². The number of fused-ring (bicyclic) bond motifs is 8. The first-order valence-electron chi connectivity index (χ1n) is 33.7. The van der Waals surface area contributed by atoms with Gasteiger partial charge in [-0.25, -0.2) is 35.9 Å². The summed E-state index contributed by atoms with van der Waals surface area (Å²) in [7, 11) is -5.13. The van der Waals surface area contributed by atoms with Crippen LogP contribution in [0.1, 0.15) is 146 Å². The maximum absolute atomic E-state index is 13.6. The van der Waals surface area contributed by atoms with Crippen molar-refractivity contribution in [1.82, 2.24) is 9.44 Å². The maximum Gasteiger partial charge on any atom is 0.331 e. The molecule has 18 nitrogen and oxygen atoms in total. The highest BCUT2D eigenvalue weighted by Gasteiger charge is 2.49. The van der Waals surface area contributed by atoms with Crippen molar-refractivity contribution in [3.63, 3.8) is 0 Å². The van der Waals surface area contributed by atoms with E-state index in [4.69, 9.17) is 51.6 Å². The molecule has 6 aliphatic carbocycles. The lowest BCUT2D eigenvalue weighted by atomic mass is 9.68. The van der Waals surface area contributed by atoms with Gasteiger partial charge in [0.2, 0.25) is 20.0 Å². The van der Waals surface area contributed by atoms with E-state index < -0.39 is 54.3 Å². The number of carbonyl (C=O) groups is 4. The monoisotopic (exact) mass is 1360 g/mol. The first-order valence-corrected chi connectivity index (χ1v) is 37.6. The zero-order valence-corrected chi connectivity index (χ0v) is 56.7. The molecule has 0 aromatic heterocycles. The number of nitrogens with zero attached hydrogens (tertiary/aromatic N) is 2. The van der Waals surface area contributed by atoms with Crippen LogP contribution in [0.4, 0.5) is 11.4 Å². The van der Waals surface area contributed by atoms with Crippen LogP contribution in [-0.4, -0.2) is 130 Å². The minimum atomic E-state index is -3.91. The molecule has 4 saturated carbocycles. The molecule has 504 valence electrons. The van der Waals surface area contributed by atoms with Crippen molar-refractivity contribution in [1.29, 1.82) is 0 Å². The molecular formula is C72H86Cl2N4O14S2. The van der Waals surface area contributed by atoms with Crippen molar-refractivity contribution in [3.8, 4) is 11.5 Å². The minimum absolute atomic E-state index is 0.0374. The summed E-state index contributed by atoms with van der Waals surface area (Å²) < 4.78 is 94.4. The zero-order valence-electron chi connectivity index (χ0n) is 53.6. The van der Waals surface area contributed by atoms with Crippen LogP contribution in [0, 0.1) is 35.5 Å². The summed E-state index contributed by atoms with van der Waals surface area (Å²) in [5, 5.41) is 0.133. The molecule has 10 atom stereocenters. The topological polar surface area (TPSA) is 222 Å². The molecule has 94 heavy (non-hydrogen) atoms. The Morgan fingerprint density at radius 3 is 1.35 bits per heavy atom. The number of ether oxygens (including phenoxy) is 6. The molecule has 4 aromatic rings. The summed E-state index contributed by atoms with van der Waals surface area (Å²) >= 11 is 12.9. The molecule has 0 radical (unpaired) electrons. The summed E-state index contributed by atoms with van der Waals surface area (Å²) in [5.74, 6) is 0.201. The second kappa shape index (κ2) is 27.8. The smallest absolute Gasteiger partial charge is 0.331 e. The van der Waals surface area contributed by atoms with Gasteiger partial charge in [0.05, 0.1) is 61.5 Å². The number of rotatable bonds is 8. The normalized spacial score (nSPS) is 30.9. The average Bonchev–Trinajstić information content (AvgIpc) is 1.47. The van der Waals surface area contributed by atoms with Crippen molar-refractivity contribution in [2.24, 2.45) is 35.5 Å². The number of hydrogen-bond donors (Lipinski definition) is 2. The number of carbonyl (C=O) groups excluding carboxylic acids is 4. The number of sulfonamides is 2. The lowest BCUT2D eigenvalue weighted by molar-refractivity contribution is -0.150. The second-order valence-corrected chi connectivity index (χ2v) is 32.7. The molecule has 4 heterocycles. The Morgan fingerprint density at radius 2 is 0.968 bits per heavy atom. The molecule has 14 rings (SSSR count). The Labute approximate surface area is 562 Å². The van der Waals surface area contributed by atoms with Crippen LogP contribution in [0.5, 0.6) is 11.5 Å². The van der Waals surface area contributed by atoms with Crippen molar-refractivity contribution in [2.75, 3.05) is 76.6 Å². The summed E-state index contributed by atoms with van der Waals surface area (Å²) in [6.07, 6.45) is 22.3. The van der Waals surface area contributed by atoms with Gasteiger partial charge in [-0.1, -0.05) is 59.6 Å². The van der Waals surface area contributed by atoms with Gasteiger partial charge in [-0.15, -0.1) is 0 Å². The van der Waals surface area contributed by atoms with Gasteiger partial charge in [0, 0.05) is 58.2 Å². The van der Waals surface area contributed by atoms with Crippen LogP contribution >= 0.6 is 23.2 Å². The minimum Gasteiger partial charge on any atom is -0.490 e. The third-order valence-electron chi connectivity index (χ3n) is 22.0. The molecular weight excluding hydrogens is 1280 g/mol.